The normalized spacial score (nSPS) is 14.7. The summed E-state index contributed by atoms with van der Waals surface area (Å²) in [6.07, 6.45) is 0. The molecular formula is C17H17FN2O4. The molecule has 0 spiro atoms. The van der Waals surface area contributed by atoms with E-state index in [1.165, 1.54) is 12.1 Å². The predicted molar refractivity (Wildman–Crippen MR) is 87.2 cm³/mol. The number of anilines is 1. The summed E-state index contributed by atoms with van der Waals surface area (Å²) in [4.78, 5) is 27.3. The van der Waals surface area contributed by atoms with E-state index < -0.39 is 17.3 Å². The van der Waals surface area contributed by atoms with Crippen molar-refractivity contribution in [3.8, 4) is 11.3 Å². The number of aromatic amines is 1. The number of halogens is 1. The first-order chi connectivity index (χ1) is 11.5. The van der Waals surface area contributed by atoms with Crippen LogP contribution in [0.4, 0.5) is 10.1 Å². The second-order valence-electron chi connectivity index (χ2n) is 5.64. The molecule has 7 heteroatoms. The number of hydrogen-bond acceptors (Lipinski definition) is 4. The Morgan fingerprint density at radius 1 is 1.29 bits per heavy atom. The van der Waals surface area contributed by atoms with Crippen molar-refractivity contribution < 1.29 is 19.0 Å². The zero-order valence-electron chi connectivity index (χ0n) is 13.1. The number of aromatic carboxylic acids is 1. The van der Waals surface area contributed by atoms with Gasteiger partial charge in [-0.05, 0) is 30.7 Å². The fraction of sp³-hybridized carbons (Fsp3) is 0.294. The van der Waals surface area contributed by atoms with E-state index >= 15 is 0 Å². The van der Waals surface area contributed by atoms with Crippen LogP contribution in [0.25, 0.3) is 11.3 Å². The highest BCUT2D eigenvalue weighted by Crippen LogP contribution is 2.27. The number of ether oxygens (including phenoxy) is 1. The molecule has 3 rings (SSSR count). The maximum atomic E-state index is 14.5. The van der Waals surface area contributed by atoms with Crippen LogP contribution in [0.3, 0.4) is 0 Å². The third-order valence-electron chi connectivity index (χ3n) is 4.06. The van der Waals surface area contributed by atoms with Gasteiger partial charge in [0.05, 0.1) is 24.6 Å². The van der Waals surface area contributed by atoms with Crippen molar-refractivity contribution in [2.75, 3.05) is 31.2 Å². The summed E-state index contributed by atoms with van der Waals surface area (Å²) in [6.45, 7) is 4.04. The summed E-state index contributed by atoms with van der Waals surface area (Å²) in [7, 11) is 0. The fourth-order valence-electron chi connectivity index (χ4n) is 2.82. The number of pyridine rings is 1. The maximum Gasteiger partial charge on any atom is 0.341 e. The Morgan fingerprint density at radius 3 is 2.62 bits per heavy atom. The molecule has 2 heterocycles. The maximum absolute atomic E-state index is 14.5. The fourth-order valence-corrected chi connectivity index (χ4v) is 2.82. The molecule has 6 nitrogen and oxygen atoms in total. The van der Waals surface area contributed by atoms with Gasteiger partial charge in [0, 0.05) is 18.7 Å². The van der Waals surface area contributed by atoms with Crippen molar-refractivity contribution in [2.45, 2.75) is 6.92 Å². The molecule has 0 bridgehead atoms. The zero-order valence-corrected chi connectivity index (χ0v) is 13.1. The SMILES string of the molecule is Cc1cc(C(=O)O)c(=O)[nH]c1-c1ccc(N2CCOCC2)c(F)c1. The summed E-state index contributed by atoms with van der Waals surface area (Å²) in [5.74, 6) is -1.68. The zero-order chi connectivity index (χ0) is 17.3. The molecule has 0 saturated carbocycles. The Hall–Kier alpha value is -2.67. The van der Waals surface area contributed by atoms with Crippen molar-refractivity contribution in [1.29, 1.82) is 0 Å². The second kappa shape index (κ2) is 6.45. The molecule has 126 valence electrons. The number of carbonyl (C=O) groups is 1. The molecule has 1 aliphatic rings. The lowest BCUT2D eigenvalue weighted by Gasteiger charge is -2.29. The van der Waals surface area contributed by atoms with Gasteiger partial charge in [0.15, 0.2) is 0 Å². The van der Waals surface area contributed by atoms with E-state index in [0.717, 1.165) is 0 Å². The smallest absolute Gasteiger partial charge is 0.341 e. The molecule has 2 aromatic rings. The van der Waals surface area contributed by atoms with Crippen molar-refractivity contribution in [1.82, 2.24) is 4.98 Å². The molecule has 24 heavy (non-hydrogen) atoms. The van der Waals surface area contributed by atoms with E-state index in [1.807, 2.05) is 4.90 Å². The first-order valence-electron chi connectivity index (χ1n) is 7.57. The average Bonchev–Trinajstić information content (AvgIpc) is 2.57. The van der Waals surface area contributed by atoms with Gasteiger partial charge < -0.3 is 19.7 Å². The minimum Gasteiger partial charge on any atom is -0.477 e. The molecule has 0 atom stereocenters. The van der Waals surface area contributed by atoms with Crippen LogP contribution >= 0.6 is 0 Å². The number of rotatable bonds is 3. The van der Waals surface area contributed by atoms with Gasteiger partial charge in [-0.2, -0.15) is 0 Å². The number of benzene rings is 1. The standard InChI is InChI=1S/C17H17FN2O4/c1-10-8-12(17(22)23)16(21)19-15(10)11-2-3-14(13(18)9-11)20-4-6-24-7-5-20/h2-3,8-9H,4-7H2,1H3,(H,19,21)(H,22,23). The highest BCUT2D eigenvalue weighted by atomic mass is 19.1. The van der Waals surface area contributed by atoms with E-state index in [-0.39, 0.29) is 5.56 Å². The van der Waals surface area contributed by atoms with Crippen molar-refractivity contribution in [3.63, 3.8) is 0 Å². The van der Waals surface area contributed by atoms with E-state index in [0.29, 0.717) is 48.8 Å². The quantitative estimate of drug-likeness (QED) is 0.899. The molecule has 1 saturated heterocycles. The molecule has 1 fully saturated rings. The van der Waals surface area contributed by atoms with Crippen molar-refractivity contribution in [2.24, 2.45) is 0 Å². The van der Waals surface area contributed by atoms with Crippen molar-refractivity contribution in [3.05, 3.63) is 51.6 Å². The Balaban J connectivity index is 1.99. The van der Waals surface area contributed by atoms with E-state index in [4.69, 9.17) is 9.84 Å². The lowest BCUT2D eigenvalue weighted by Crippen LogP contribution is -2.36. The molecule has 0 radical (unpaired) electrons. The van der Waals surface area contributed by atoms with Gasteiger partial charge >= 0.3 is 5.97 Å². The highest BCUT2D eigenvalue weighted by Gasteiger charge is 2.17. The van der Waals surface area contributed by atoms with Crippen LogP contribution in [-0.2, 0) is 4.74 Å². The summed E-state index contributed by atoms with van der Waals surface area (Å²) >= 11 is 0. The van der Waals surface area contributed by atoms with Crippen molar-refractivity contribution >= 4 is 11.7 Å². The van der Waals surface area contributed by atoms with Crippen LogP contribution < -0.4 is 10.5 Å². The molecule has 1 aromatic heterocycles. The van der Waals surface area contributed by atoms with Crippen LogP contribution in [0.1, 0.15) is 15.9 Å². The number of nitrogens with one attached hydrogen (secondary N) is 1. The number of hydrogen-bond donors (Lipinski definition) is 2. The summed E-state index contributed by atoms with van der Waals surface area (Å²) in [6, 6.07) is 6.03. The lowest BCUT2D eigenvalue weighted by molar-refractivity contribution is 0.0695. The van der Waals surface area contributed by atoms with Crippen LogP contribution in [0.2, 0.25) is 0 Å². The van der Waals surface area contributed by atoms with Crippen LogP contribution in [0, 0.1) is 12.7 Å². The number of aryl methyl sites for hydroxylation is 1. The molecular weight excluding hydrogens is 315 g/mol. The molecule has 1 aromatic carbocycles. The van der Waals surface area contributed by atoms with Crippen LogP contribution in [0.5, 0.6) is 0 Å². The second-order valence-corrected chi connectivity index (χ2v) is 5.64. The van der Waals surface area contributed by atoms with Gasteiger partial charge in [0.2, 0.25) is 0 Å². The highest BCUT2D eigenvalue weighted by molar-refractivity contribution is 5.88. The minimum atomic E-state index is -1.29. The average molecular weight is 332 g/mol. The number of aromatic nitrogens is 1. The summed E-state index contributed by atoms with van der Waals surface area (Å²) in [5.41, 5.74) is 0.922. The third kappa shape index (κ3) is 3.03. The van der Waals surface area contributed by atoms with Gasteiger partial charge in [-0.3, -0.25) is 4.79 Å². The Morgan fingerprint density at radius 2 is 2.00 bits per heavy atom. The van der Waals surface area contributed by atoms with Gasteiger partial charge in [0.25, 0.3) is 5.56 Å². The number of morpholine rings is 1. The first kappa shape index (κ1) is 16.2. The minimum absolute atomic E-state index is 0.332. The molecule has 0 aliphatic carbocycles. The summed E-state index contributed by atoms with van der Waals surface area (Å²) in [5, 5.41) is 8.98. The van der Waals surface area contributed by atoms with Crippen LogP contribution in [0.15, 0.2) is 29.1 Å². The number of carboxylic acids is 1. The Labute approximate surface area is 137 Å². The van der Waals surface area contributed by atoms with Gasteiger partial charge in [-0.25, -0.2) is 9.18 Å². The van der Waals surface area contributed by atoms with Gasteiger partial charge in [-0.1, -0.05) is 6.07 Å². The largest absolute Gasteiger partial charge is 0.477 e. The topological polar surface area (TPSA) is 82.6 Å². The van der Waals surface area contributed by atoms with E-state index in [2.05, 4.69) is 4.98 Å². The first-order valence-corrected chi connectivity index (χ1v) is 7.57. The Bertz CT molecular complexity index is 841. The predicted octanol–water partition coefficient (Wildman–Crippen LogP) is 2.02. The molecule has 2 N–H and O–H groups in total. The monoisotopic (exact) mass is 332 g/mol. The molecule has 1 aliphatic heterocycles. The van der Waals surface area contributed by atoms with Gasteiger partial charge in [-0.15, -0.1) is 0 Å². The lowest BCUT2D eigenvalue weighted by atomic mass is 10.0. The number of carboxylic acid groups (broad SMARTS) is 1. The van der Waals surface area contributed by atoms with E-state index in [1.54, 1.807) is 19.1 Å². The van der Waals surface area contributed by atoms with Gasteiger partial charge in [0.1, 0.15) is 11.4 Å². The van der Waals surface area contributed by atoms with E-state index in [9.17, 15) is 14.0 Å². The molecule has 0 unspecified atom stereocenters. The summed E-state index contributed by atoms with van der Waals surface area (Å²) < 4.78 is 19.8. The Kier molecular flexibility index (Phi) is 4.35. The van der Waals surface area contributed by atoms with Crippen LogP contribution in [-0.4, -0.2) is 42.4 Å². The molecule has 0 amide bonds. The third-order valence-corrected chi connectivity index (χ3v) is 4.06. The number of H-pyrrole nitrogens is 1. The number of nitrogens with zero attached hydrogens (tertiary/aromatic N) is 1.